The van der Waals surface area contributed by atoms with Gasteiger partial charge in [-0.25, -0.2) is 0 Å². The second-order valence-electron chi connectivity index (χ2n) is 1.50. The lowest BCUT2D eigenvalue weighted by Crippen LogP contribution is -1.97. The van der Waals surface area contributed by atoms with Crippen molar-refractivity contribution in [2.45, 2.75) is 13.5 Å². The number of hydrogen-bond donors (Lipinski definition) is 1. The van der Waals surface area contributed by atoms with E-state index in [2.05, 4.69) is 8.75 Å². The molecule has 0 aliphatic carbocycles. The van der Waals surface area contributed by atoms with Gasteiger partial charge in [-0.15, -0.1) is 0 Å². The van der Waals surface area contributed by atoms with Crippen LogP contribution in [0, 0.1) is 6.92 Å². The zero-order valence-electron chi connectivity index (χ0n) is 4.59. The Kier molecular flexibility index (Phi) is 1.55. The zero-order chi connectivity index (χ0) is 5.98. The van der Waals surface area contributed by atoms with Crippen molar-refractivity contribution >= 4 is 11.7 Å². The number of aromatic nitrogens is 2. The largest absolute Gasteiger partial charge is 0.325 e. The molecule has 0 aliphatic rings. The van der Waals surface area contributed by atoms with E-state index in [1.165, 1.54) is 11.7 Å². The fourth-order valence-corrected chi connectivity index (χ4v) is 1.01. The van der Waals surface area contributed by atoms with Crippen LogP contribution in [-0.2, 0) is 6.54 Å². The summed E-state index contributed by atoms with van der Waals surface area (Å²) in [7, 11) is 0. The Balaban J connectivity index is 2.92. The van der Waals surface area contributed by atoms with Crippen LogP contribution in [0.5, 0.6) is 0 Å². The first-order chi connectivity index (χ1) is 3.84. The van der Waals surface area contributed by atoms with Gasteiger partial charge in [-0.05, 0) is 6.92 Å². The molecule has 3 nitrogen and oxygen atoms in total. The van der Waals surface area contributed by atoms with Gasteiger partial charge >= 0.3 is 0 Å². The average molecular weight is 129 g/mol. The van der Waals surface area contributed by atoms with Crippen molar-refractivity contribution in [3.63, 3.8) is 0 Å². The van der Waals surface area contributed by atoms with Gasteiger partial charge in [0.1, 0.15) is 0 Å². The third kappa shape index (κ3) is 0.850. The maximum atomic E-state index is 5.30. The van der Waals surface area contributed by atoms with E-state index in [0.717, 1.165) is 11.4 Å². The smallest absolute Gasteiger partial charge is 0.0907 e. The van der Waals surface area contributed by atoms with Gasteiger partial charge in [0.2, 0.25) is 0 Å². The monoisotopic (exact) mass is 129 g/mol. The minimum atomic E-state index is 0.502. The first-order valence-electron chi connectivity index (χ1n) is 2.32. The molecular formula is C4H7N3S. The Morgan fingerprint density at radius 2 is 2.38 bits per heavy atom. The lowest BCUT2D eigenvalue weighted by Gasteiger charge is -1.83. The summed E-state index contributed by atoms with van der Waals surface area (Å²) in [6.07, 6.45) is 0. The van der Waals surface area contributed by atoms with Crippen LogP contribution in [0.15, 0.2) is 0 Å². The molecule has 0 aliphatic heterocycles. The first-order valence-corrected chi connectivity index (χ1v) is 3.05. The normalized spacial score (nSPS) is 9.75. The topological polar surface area (TPSA) is 51.8 Å². The van der Waals surface area contributed by atoms with Crippen LogP contribution in [0.4, 0.5) is 0 Å². The molecule has 0 saturated carbocycles. The van der Waals surface area contributed by atoms with Crippen LogP contribution < -0.4 is 5.73 Å². The highest BCUT2D eigenvalue weighted by molar-refractivity contribution is 6.99. The molecule has 1 rings (SSSR count). The van der Waals surface area contributed by atoms with Gasteiger partial charge in [-0.3, -0.25) is 0 Å². The second-order valence-corrected chi connectivity index (χ2v) is 2.03. The SMILES string of the molecule is Cc1nsnc1CN. The van der Waals surface area contributed by atoms with Crippen LogP contribution in [0.2, 0.25) is 0 Å². The molecule has 1 heterocycles. The summed E-state index contributed by atoms with van der Waals surface area (Å²) in [5, 5.41) is 0. The summed E-state index contributed by atoms with van der Waals surface area (Å²) in [5.74, 6) is 0. The van der Waals surface area contributed by atoms with Crippen LogP contribution >= 0.6 is 11.7 Å². The summed E-state index contributed by atoms with van der Waals surface area (Å²) in [6, 6.07) is 0. The fourth-order valence-electron chi connectivity index (χ4n) is 0.435. The van der Waals surface area contributed by atoms with E-state index in [0.29, 0.717) is 6.54 Å². The molecule has 0 spiro atoms. The summed E-state index contributed by atoms with van der Waals surface area (Å²) in [6.45, 7) is 2.41. The molecule has 4 heteroatoms. The Bertz CT molecular complexity index is 172. The van der Waals surface area contributed by atoms with Crippen molar-refractivity contribution in [3.8, 4) is 0 Å². The van der Waals surface area contributed by atoms with E-state index in [-0.39, 0.29) is 0 Å². The van der Waals surface area contributed by atoms with Gasteiger partial charge in [0.15, 0.2) is 0 Å². The van der Waals surface area contributed by atoms with E-state index in [4.69, 9.17) is 5.73 Å². The van der Waals surface area contributed by atoms with Crippen LogP contribution in [0.1, 0.15) is 11.4 Å². The number of aryl methyl sites for hydroxylation is 1. The van der Waals surface area contributed by atoms with Gasteiger partial charge in [0.05, 0.1) is 23.1 Å². The van der Waals surface area contributed by atoms with Crippen molar-refractivity contribution in [1.29, 1.82) is 0 Å². The fraction of sp³-hybridized carbons (Fsp3) is 0.500. The molecule has 0 atom stereocenters. The molecule has 1 aromatic heterocycles. The molecule has 8 heavy (non-hydrogen) atoms. The molecule has 0 fully saturated rings. The average Bonchev–Trinajstić information content (AvgIpc) is 2.14. The van der Waals surface area contributed by atoms with Crippen molar-refractivity contribution in [2.24, 2.45) is 5.73 Å². The number of rotatable bonds is 1. The number of nitrogens with two attached hydrogens (primary N) is 1. The Labute approximate surface area is 51.9 Å². The van der Waals surface area contributed by atoms with Crippen molar-refractivity contribution < 1.29 is 0 Å². The highest BCUT2D eigenvalue weighted by Gasteiger charge is 1.96. The van der Waals surface area contributed by atoms with E-state index >= 15 is 0 Å². The standard InChI is InChI=1S/C4H7N3S/c1-3-4(2-5)7-8-6-3/h2,5H2,1H3. The Morgan fingerprint density at radius 3 is 2.62 bits per heavy atom. The van der Waals surface area contributed by atoms with Crippen LogP contribution in [0.3, 0.4) is 0 Å². The lowest BCUT2D eigenvalue weighted by molar-refractivity contribution is 0.998. The second kappa shape index (κ2) is 2.19. The molecule has 0 unspecified atom stereocenters. The summed E-state index contributed by atoms with van der Waals surface area (Å²) < 4.78 is 7.88. The Morgan fingerprint density at radius 1 is 1.62 bits per heavy atom. The molecule has 0 saturated heterocycles. The van der Waals surface area contributed by atoms with Crippen LogP contribution in [0.25, 0.3) is 0 Å². The summed E-state index contributed by atoms with van der Waals surface area (Å²) >= 11 is 1.21. The summed E-state index contributed by atoms with van der Waals surface area (Å²) in [4.78, 5) is 0. The molecular weight excluding hydrogens is 122 g/mol. The number of nitrogens with zero attached hydrogens (tertiary/aromatic N) is 2. The molecule has 0 radical (unpaired) electrons. The number of hydrogen-bond acceptors (Lipinski definition) is 4. The van der Waals surface area contributed by atoms with Gasteiger partial charge < -0.3 is 5.73 Å². The lowest BCUT2D eigenvalue weighted by atomic mass is 10.4. The van der Waals surface area contributed by atoms with Crippen molar-refractivity contribution in [1.82, 2.24) is 8.75 Å². The van der Waals surface area contributed by atoms with E-state index in [1.54, 1.807) is 0 Å². The molecule has 0 bridgehead atoms. The van der Waals surface area contributed by atoms with E-state index in [1.807, 2.05) is 6.92 Å². The summed E-state index contributed by atoms with van der Waals surface area (Å²) in [5.41, 5.74) is 7.17. The van der Waals surface area contributed by atoms with Gasteiger partial charge in [-0.1, -0.05) is 0 Å². The van der Waals surface area contributed by atoms with E-state index in [9.17, 15) is 0 Å². The van der Waals surface area contributed by atoms with Crippen molar-refractivity contribution in [3.05, 3.63) is 11.4 Å². The third-order valence-corrected chi connectivity index (χ3v) is 1.60. The van der Waals surface area contributed by atoms with Crippen LogP contribution in [-0.4, -0.2) is 8.75 Å². The van der Waals surface area contributed by atoms with Gasteiger partial charge in [0.25, 0.3) is 0 Å². The zero-order valence-corrected chi connectivity index (χ0v) is 5.40. The maximum Gasteiger partial charge on any atom is 0.0907 e. The predicted octanol–water partition coefficient (Wildman–Crippen LogP) is 0.305. The van der Waals surface area contributed by atoms with E-state index < -0.39 is 0 Å². The molecule has 1 aromatic rings. The minimum Gasteiger partial charge on any atom is -0.325 e. The quantitative estimate of drug-likeness (QED) is 0.593. The first kappa shape index (κ1) is 5.65. The van der Waals surface area contributed by atoms with Crippen molar-refractivity contribution in [2.75, 3.05) is 0 Å². The molecule has 0 amide bonds. The molecule has 44 valence electrons. The van der Waals surface area contributed by atoms with Gasteiger partial charge in [-0.2, -0.15) is 8.75 Å². The predicted molar refractivity (Wildman–Crippen MR) is 32.5 cm³/mol. The molecule has 0 aromatic carbocycles. The van der Waals surface area contributed by atoms with Gasteiger partial charge in [0, 0.05) is 6.54 Å². The highest BCUT2D eigenvalue weighted by atomic mass is 32.1. The third-order valence-electron chi connectivity index (χ3n) is 0.940. The maximum absolute atomic E-state index is 5.30. The Hall–Kier alpha value is -0.480. The highest BCUT2D eigenvalue weighted by Crippen LogP contribution is 2.00. The minimum absolute atomic E-state index is 0.502. The molecule has 2 N–H and O–H groups in total.